The third-order valence-electron chi connectivity index (χ3n) is 4.03. The number of hydrogen-bond acceptors (Lipinski definition) is 2. The van der Waals surface area contributed by atoms with Gasteiger partial charge in [0, 0.05) is 5.92 Å². The standard InChI is InChI=1S/C19H18O2/c1-21-17-10-7-15(8-11-17)18-12-9-16(13-19(18)20)14-5-3-2-4-6-14/h2-8,10-11,13,18H,9,12H2,1H3/t18-/m1/s1. The fourth-order valence-electron chi connectivity index (χ4n) is 2.83. The van der Waals surface area contributed by atoms with Crippen molar-refractivity contribution in [3.8, 4) is 5.75 Å². The van der Waals surface area contributed by atoms with E-state index in [9.17, 15) is 4.79 Å². The Kier molecular flexibility index (Phi) is 3.87. The molecule has 2 heteroatoms. The summed E-state index contributed by atoms with van der Waals surface area (Å²) in [5, 5.41) is 0. The first-order valence-corrected chi connectivity index (χ1v) is 7.22. The van der Waals surface area contributed by atoms with E-state index in [2.05, 4.69) is 12.1 Å². The number of ketones is 1. The molecule has 3 rings (SSSR count). The molecule has 0 N–H and O–H groups in total. The summed E-state index contributed by atoms with van der Waals surface area (Å²) in [5.41, 5.74) is 3.37. The van der Waals surface area contributed by atoms with Crippen LogP contribution in [0.2, 0.25) is 0 Å². The van der Waals surface area contributed by atoms with Crippen LogP contribution in [-0.4, -0.2) is 12.9 Å². The molecule has 0 fully saturated rings. The van der Waals surface area contributed by atoms with Gasteiger partial charge in [0.15, 0.2) is 5.78 Å². The molecule has 0 amide bonds. The molecule has 2 aromatic rings. The van der Waals surface area contributed by atoms with Crippen molar-refractivity contribution in [2.45, 2.75) is 18.8 Å². The molecule has 0 aliphatic heterocycles. The normalized spacial score (nSPS) is 18.2. The van der Waals surface area contributed by atoms with Gasteiger partial charge in [0.2, 0.25) is 0 Å². The second-order valence-corrected chi connectivity index (χ2v) is 5.30. The highest BCUT2D eigenvalue weighted by atomic mass is 16.5. The van der Waals surface area contributed by atoms with E-state index in [1.807, 2.05) is 48.5 Å². The van der Waals surface area contributed by atoms with Crippen LogP contribution in [0.25, 0.3) is 5.57 Å². The molecule has 21 heavy (non-hydrogen) atoms. The van der Waals surface area contributed by atoms with Gasteiger partial charge in [-0.2, -0.15) is 0 Å². The van der Waals surface area contributed by atoms with Gasteiger partial charge in [-0.1, -0.05) is 42.5 Å². The molecule has 0 bridgehead atoms. The highest BCUT2D eigenvalue weighted by Gasteiger charge is 2.24. The highest BCUT2D eigenvalue weighted by Crippen LogP contribution is 2.34. The van der Waals surface area contributed by atoms with Crippen LogP contribution >= 0.6 is 0 Å². The fourth-order valence-corrected chi connectivity index (χ4v) is 2.83. The first-order valence-electron chi connectivity index (χ1n) is 7.22. The van der Waals surface area contributed by atoms with Gasteiger partial charge in [-0.05, 0) is 47.8 Å². The maximum Gasteiger partial charge on any atom is 0.163 e. The lowest BCUT2D eigenvalue weighted by Gasteiger charge is -2.21. The van der Waals surface area contributed by atoms with Crippen LogP contribution < -0.4 is 4.74 Å². The van der Waals surface area contributed by atoms with Crippen molar-refractivity contribution in [2.75, 3.05) is 7.11 Å². The molecule has 0 radical (unpaired) electrons. The topological polar surface area (TPSA) is 26.3 Å². The van der Waals surface area contributed by atoms with Crippen LogP contribution in [0.3, 0.4) is 0 Å². The van der Waals surface area contributed by atoms with Crippen molar-refractivity contribution >= 4 is 11.4 Å². The van der Waals surface area contributed by atoms with Gasteiger partial charge in [0.1, 0.15) is 5.75 Å². The van der Waals surface area contributed by atoms with Crippen molar-refractivity contribution in [3.63, 3.8) is 0 Å². The summed E-state index contributed by atoms with van der Waals surface area (Å²) >= 11 is 0. The summed E-state index contributed by atoms with van der Waals surface area (Å²) in [7, 11) is 1.65. The Hall–Kier alpha value is -2.35. The Balaban J connectivity index is 1.82. The smallest absolute Gasteiger partial charge is 0.163 e. The maximum atomic E-state index is 12.4. The zero-order chi connectivity index (χ0) is 14.7. The predicted molar refractivity (Wildman–Crippen MR) is 84.4 cm³/mol. The summed E-state index contributed by atoms with van der Waals surface area (Å²) in [4.78, 5) is 12.4. The van der Waals surface area contributed by atoms with E-state index in [0.717, 1.165) is 35.3 Å². The Morgan fingerprint density at radius 3 is 2.33 bits per heavy atom. The number of allylic oxidation sites excluding steroid dienone is 2. The quantitative estimate of drug-likeness (QED) is 0.840. The van der Waals surface area contributed by atoms with Crippen molar-refractivity contribution in [1.82, 2.24) is 0 Å². The number of carbonyl (C=O) groups is 1. The Labute approximate surface area is 125 Å². The SMILES string of the molecule is COc1ccc([C@H]2CCC(c3ccccc3)=CC2=O)cc1. The number of rotatable bonds is 3. The van der Waals surface area contributed by atoms with Gasteiger partial charge in [0.25, 0.3) is 0 Å². The van der Waals surface area contributed by atoms with Gasteiger partial charge in [0.05, 0.1) is 7.11 Å². The average Bonchev–Trinajstić information content (AvgIpc) is 2.56. The van der Waals surface area contributed by atoms with E-state index < -0.39 is 0 Å². The van der Waals surface area contributed by atoms with Crippen molar-refractivity contribution in [3.05, 3.63) is 71.8 Å². The van der Waals surface area contributed by atoms with E-state index in [-0.39, 0.29) is 11.7 Å². The highest BCUT2D eigenvalue weighted by molar-refractivity contribution is 6.02. The van der Waals surface area contributed by atoms with Crippen LogP contribution in [0, 0.1) is 0 Å². The number of ether oxygens (including phenoxy) is 1. The summed E-state index contributed by atoms with van der Waals surface area (Å²) in [6.07, 6.45) is 3.62. The second kappa shape index (κ2) is 5.96. The zero-order valence-electron chi connectivity index (χ0n) is 12.1. The molecule has 0 aromatic heterocycles. The van der Waals surface area contributed by atoms with Gasteiger partial charge in [-0.25, -0.2) is 0 Å². The van der Waals surface area contributed by atoms with E-state index in [0.29, 0.717) is 0 Å². The maximum absolute atomic E-state index is 12.4. The first kappa shape index (κ1) is 13.6. The van der Waals surface area contributed by atoms with E-state index in [1.165, 1.54) is 0 Å². The number of benzene rings is 2. The molecule has 106 valence electrons. The number of hydrogen-bond donors (Lipinski definition) is 0. The molecule has 0 spiro atoms. The van der Waals surface area contributed by atoms with Crippen molar-refractivity contribution in [1.29, 1.82) is 0 Å². The lowest BCUT2D eigenvalue weighted by atomic mass is 9.82. The molecule has 2 nitrogen and oxygen atoms in total. The molecule has 1 aliphatic rings. The molecular weight excluding hydrogens is 260 g/mol. The zero-order valence-corrected chi connectivity index (χ0v) is 12.1. The molecule has 0 saturated carbocycles. The Morgan fingerprint density at radius 1 is 1.00 bits per heavy atom. The van der Waals surface area contributed by atoms with E-state index in [1.54, 1.807) is 7.11 Å². The summed E-state index contributed by atoms with van der Waals surface area (Å²) in [6.45, 7) is 0. The van der Waals surface area contributed by atoms with Crippen LogP contribution in [0.5, 0.6) is 5.75 Å². The molecule has 0 unspecified atom stereocenters. The van der Waals surface area contributed by atoms with Crippen molar-refractivity contribution < 1.29 is 9.53 Å². The fraction of sp³-hybridized carbons (Fsp3) is 0.211. The second-order valence-electron chi connectivity index (χ2n) is 5.30. The van der Waals surface area contributed by atoms with Gasteiger partial charge < -0.3 is 4.74 Å². The minimum atomic E-state index is -0.0247. The minimum Gasteiger partial charge on any atom is -0.497 e. The summed E-state index contributed by atoms with van der Waals surface area (Å²) < 4.78 is 5.16. The van der Waals surface area contributed by atoms with Crippen molar-refractivity contribution in [2.24, 2.45) is 0 Å². The lowest BCUT2D eigenvalue weighted by molar-refractivity contribution is -0.116. The lowest BCUT2D eigenvalue weighted by Crippen LogP contribution is -2.15. The Morgan fingerprint density at radius 2 is 1.71 bits per heavy atom. The third-order valence-corrected chi connectivity index (χ3v) is 4.03. The molecular formula is C19H18O2. The summed E-state index contributed by atoms with van der Waals surface area (Å²) in [5.74, 6) is 0.996. The number of methoxy groups -OCH3 is 1. The largest absolute Gasteiger partial charge is 0.497 e. The first-order chi connectivity index (χ1) is 10.3. The molecule has 1 aliphatic carbocycles. The van der Waals surface area contributed by atoms with Gasteiger partial charge in [-0.3, -0.25) is 4.79 Å². The van der Waals surface area contributed by atoms with Crippen LogP contribution in [-0.2, 0) is 4.79 Å². The monoisotopic (exact) mass is 278 g/mol. The van der Waals surface area contributed by atoms with Crippen LogP contribution in [0.1, 0.15) is 29.9 Å². The number of carbonyl (C=O) groups excluding carboxylic acids is 1. The third kappa shape index (κ3) is 2.89. The van der Waals surface area contributed by atoms with Crippen LogP contribution in [0.4, 0.5) is 0 Å². The minimum absolute atomic E-state index is 0.0247. The van der Waals surface area contributed by atoms with Crippen LogP contribution in [0.15, 0.2) is 60.7 Å². The molecule has 0 saturated heterocycles. The Bertz CT molecular complexity index is 654. The van der Waals surface area contributed by atoms with E-state index >= 15 is 0 Å². The average molecular weight is 278 g/mol. The molecule has 2 aromatic carbocycles. The molecule has 1 atom stereocenters. The van der Waals surface area contributed by atoms with E-state index in [4.69, 9.17) is 4.74 Å². The van der Waals surface area contributed by atoms with Gasteiger partial charge in [-0.15, -0.1) is 0 Å². The van der Waals surface area contributed by atoms with Gasteiger partial charge >= 0.3 is 0 Å². The predicted octanol–water partition coefficient (Wildman–Crippen LogP) is 4.23. The molecule has 0 heterocycles. The summed E-state index contributed by atoms with van der Waals surface area (Å²) in [6, 6.07) is 17.9.